The number of nitrogens with zero attached hydrogens (tertiary/aromatic N) is 4. The topological polar surface area (TPSA) is 83.0 Å². The number of carbonyl (C=O) groups excluding carboxylic acids is 3. The summed E-state index contributed by atoms with van der Waals surface area (Å²) in [5.74, 6) is -0.838. The number of ether oxygens (including phenoxy) is 1. The number of imide groups is 1. The Morgan fingerprint density at radius 1 is 1.17 bits per heavy atom. The number of thiazole rings is 1. The fraction of sp³-hybridized carbons (Fsp3) is 0.524. The lowest BCUT2D eigenvalue weighted by Crippen LogP contribution is -2.47. The average Bonchev–Trinajstić information content (AvgIpc) is 3.27. The molecule has 3 amide bonds. The van der Waals surface area contributed by atoms with Gasteiger partial charge in [-0.1, -0.05) is 17.4 Å². The zero-order valence-corrected chi connectivity index (χ0v) is 18.2. The number of benzene rings is 1. The molecular weight excluding hydrogens is 404 g/mol. The molecule has 0 aliphatic carbocycles. The Balaban J connectivity index is 1.59. The van der Waals surface area contributed by atoms with Crippen LogP contribution < -0.4 is 4.90 Å². The van der Waals surface area contributed by atoms with Crippen LogP contribution in [0, 0.1) is 13.8 Å². The first kappa shape index (κ1) is 20.9. The van der Waals surface area contributed by atoms with Crippen LogP contribution >= 0.6 is 11.3 Å². The van der Waals surface area contributed by atoms with E-state index in [4.69, 9.17) is 9.72 Å². The third-order valence-electron chi connectivity index (χ3n) is 5.53. The Morgan fingerprint density at radius 3 is 2.57 bits per heavy atom. The number of rotatable bonds is 6. The third-order valence-corrected chi connectivity index (χ3v) is 6.76. The zero-order valence-electron chi connectivity index (χ0n) is 17.3. The highest BCUT2D eigenvalue weighted by molar-refractivity contribution is 7.22. The largest absolute Gasteiger partial charge is 0.379 e. The van der Waals surface area contributed by atoms with Crippen LogP contribution in [0.4, 0.5) is 5.13 Å². The van der Waals surface area contributed by atoms with Crippen LogP contribution in [0.2, 0.25) is 0 Å². The number of hydrogen-bond donors (Lipinski definition) is 0. The number of morpholine rings is 1. The monoisotopic (exact) mass is 430 g/mol. The van der Waals surface area contributed by atoms with E-state index in [9.17, 15) is 14.4 Å². The van der Waals surface area contributed by atoms with E-state index in [0.29, 0.717) is 31.4 Å². The van der Waals surface area contributed by atoms with Crippen molar-refractivity contribution in [1.29, 1.82) is 0 Å². The van der Waals surface area contributed by atoms with Crippen molar-refractivity contribution in [3.8, 4) is 0 Å². The molecule has 0 unspecified atom stereocenters. The molecule has 2 aliphatic rings. The minimum atomic E-state index is -0.280. The van der Waals surface area contributed by atoms with E-state index in [1.807, 2.05) is 19.9 Å². The van der Waals surface area contributed by atoms with Crippen LogP contribution in [0.5, 0.6) is 0 Å². The highest BCUT2D eigenvalue weighted by Crippen LogP contribution is 2.32. The van der Waals surface area contributed by atoms with Gasteiger partial charge in [0.15, 0.2) is 5.13 Å². The van der Waals surface area contributed by atoms with Crippen molar-refractivity contribution in [3.63, 3.8) is 0 Å². The Labute approximate surface area is 179 Å². The molecule has 4 rings (SSSR count). The van der Waals surface area contributed by atoms with Gasteiger partial charge in [0.1, 0.15) is 6.54 Å². The highest BCUT2D eigenvalue weighted by Gasteiger charge is 2.33. The number of carbonyl (C=O) groups is 3. The number of likely N-dealkylation sites (tertiary alicyclic amines) is 1. The van der Waals surface area contributed by atoms with Gasteiger partial charge in [-0.2, -0.15) is 0 Å². The number of aryl methyl sites for hydroxylation is 2. The van der Waals surface area contributed by atoms with Crippen molar-refractivity contribution in [2.75, 3.05) is 50.8 Å². The van der Waals surface area contributed by atoms with E-state index in [1.54, 1.807) is 4.90 Å². The van der Waals surface area contributed by atoms with E-state index in [-0.39, 0.29) is 37.1 Å². The van der Waals surface area contributed by atoms with E-state index in [2.05, 4.69) is 11.0 Å². The average molecular weight is 431 g/mol. The number of hydrogen-bond acceptors (Lipinski definition) is 7. The standard InChI is InChI=1S/C21H26N4O4S/c1-14-11-15(2)20-16(12-14)22-21(30-20)24(6-5-23-7-9-29-10-8-23)19(28)13-25-17(26)3-4-18(25)27/h11-12H,3-10,13H2,1-2H3. The lowest BCUT2D eigenvalue weighted by atomic mass is 10.1. The fourth-order valence-electron chi connectivity index (χ4n) is 3.89. The first-order chi connectivity index (χ1) is 14.4. The van der Waals surface area contributed by atoms with Crippen molar-refractivity contribution in [2.45, 2.75) is 26.7 Å². The molecule has 30 heavy (non-hydrogen) atoms. The summed E-state index contributed by atoms with van der Waals surface area (Å²) in [6.45, 7) is 7.99. The summed E-state index contributed by atoms with van der Waals surface area (Å²) in [5.41, 5.74) is 3.11. The van der Waals surface area contributed by atoms with Crippen LogP contribution in [0.25, 0.3) is 10.2 Å². The van der Waals surface area contributed by atoms with E-state index >= 15 is 0 Å². The molecule has 0 radical (unpaired) electrons. The molecule has 1 aromatic heterocycles. The molecule has 0 bridgehead atoms. The Hall–Kier alpha value is -2.36. The van der Waals surface area contributed by atoms with Crippen molar-refractivity contribution < 1.29 is 19.1 Å². The number of amides is 3. The molecule has 0 saturated carbocycles. The number of fused-ring (bicyclic) bond motifs is 1. The van der Waals surface area contributed by atoms with Crippen LogP contribution in [0.1, 0.15) is 24.0 Å². The first-order valence-electron chi connectivity index (χ1n) is 10.2. The SMILES string of the molecule is Cc1cc(C)c2sc(N(CCN3CCOCC3)C(=O)CN3C(=O)CCC3=O)nc2c1. The van der Waals surface area contributed by atoms with Crippen molar-refractivity contribution in [1.82, 2.24) is 14.8 Å². The van der Waals surface area contributed by atoms with Gasteiger partial charge in [0.25, 0.3) is 0 Å². The molecule has 2 fully saturated rings. The van der Waals surface area contributed by atoms with E-state index in [1.165, 1.54) is 11.3 Å². The molecule has 160 valence electrons. The smallest absolute Gasteiger partial charge is 0.248 e. The van der Waals surface area contributed by atoms with Crippen LogP contribution in [-0.4, -0.2) is 78.4 Å². The molecule has 8 nitrogen and oxygen atoms in total. The second-order valence-corrected chi connectivity index (χ2v) is 8.78. The van der Waals surface area contributed by atoms with Crippen LogP contribution in [0.3, 0.4) is 0 Å². The second-order valence-electron chi connectivity index (χ2n) is 7.80. The number of anilines is 1. The van der Waals surface area contributed by atoms with E-state index in [0.717, 1.165) is 39.3 Å². The summed E-state index contributed by atoms with van der Waals surface area (Å²) in [4.78, 5) is 46.9. The Morgan fingerprint density at radius 2 is 1.87 bits per heavy atom. The van der Waals surface area contributed by atoms with E-state index < -0.39 is 0 Å². The predicted molar refractivity (Wildman–Crippen MR) is 115 cm³/mol. The first-order valence-corrected chi connectivity index (χ1v) is 11.1. The van der Waals surface area contributed by atoms with Crippen LogP contribution in [-0.2, 0) is 19.1 Å². The molecule has 2 aliphatic heterocycles. The Bertz CT molecular complexity index is 967. The molecule has 0 atom stereocenters. The summed E-state index contributed by atoms with van der Waals surface area (Å²) in [5, 5.41) is 0.607. The van der Waals surface area contributed by atoms with Gasteiger partial charge in [-0.25, -0.2) is 4.98 Å². The maximum absolute atomic E-state index is 13.2. The summed E-state index contributed by atoms with van der Waals surface area (Å²) < 4.78 is 6.45. The predicted octanol–water partition coefficient (Wildman–Crippen LogP) is 1.73. The zero-order chi connectivity index (χ0) is 21.3. The van der Waals surface area contributed by atoms with Gasteiger partial charge < -0.3 is 4.74 Å². The molecule has 0 N–H and O–H groups in total. The molecule has 3 heterocycles. The van der Waals surface area contributed by atoms with Gasteiger partial charge in [-0.3, -0.25) is 29.1 Å². The Kier molecular flexibility index (Phi) is 6.12. The lowest BCUT2D eigenvalue weighted by molar-refractivity contribution is -0.141. The lowest BCUT2D eigenvalue weighted by Gasteiger charge is -2.29. The summed E-state index contributed by atoms with van der Waals surface area (Å²) in [6, 6.07) is 4.12. The van der Waals surface area contributed by atoms with Gasteiger partial charge in [0, 0.05) is 39.0 Å². The van der Waals surface area contributed by atoms with Gasteiger partial charge in [0.05, 0.1) is 23.4 Å². The van der Waals surface area contributed by atoms with Gasteiger partial charge in [-0.15, -0.1) is 0 Å². The normalized spacial score (nSPS) is 17.9. The van der Waals surface area contributed by atoms with Crippen molar-refractivity contribution in [3.05, 3.63) is 23.3 Å². The minimum absolute atomic E-state index is 0.180. The van der Waals surface area contributed by atoms with Gasteiger partial charge >= 0.3 is 0 Å². The maximum atomic E-state index is 13.2. The molecular formula is C21H26N4O4S. The fourth-order valence-corrected chi connectivity index (χ4v) is 4.95. The second kappa shape index (κ2) is 8.79. The number of aromatic nitrogens is 1. The highest BCUT2D eigenvalue weighted by atomic mass is 32.1. The molecule has 0 spiro atoms. The van der Waals surface area contributed by atoms with Gasteiger partial charge in [0.2, 0.25) is 17.7 Å². The minimum Gasteiger partial charge on any atom is -0.379 e. The summed E-state index contributed by atoms with van der Waals surface area (Å²) >= 11 is 1.48. The molecule has 1 aromatic carbocycles. The van der Waals surface area contributed by atoms with Crippen LogP contribution in [0.15, 0.2) is 12.1 Å². The summed E-state index contributed by atoms with van der Waals surface area (Å²) in [7, 11) is 0. The maximum Gasteiger partial charge on any atom is 0.248 e. The molecule has 2 saturated heterocycles. The quantitative estimate of drug-likeness (QED) is 0.649. The summed E-state index contributed by atoms with van der Waals surface area (Å²) in [6.07, 6.45) is 0.360. The van der Waals surface area contributed by atoms with Crippen molar-refractivity contribution >= 4 is 44.4 Å². The molecule has 2 aromatic rings. The van der Waals surface area contributed by atoms with Crippen molar-refractivity contribution in [2.24, 2.45) is 0 Å². The van der Waals surface area contributed by atoms with Gasteiger partial charge in [-0.05, 0) is 31.0 Å². The molecule has 9 heteroatoms. The third kappa shape index (κ3) is 4.38.